The molecule has 0 spiro atoms. The summed E-state index contributed by atoms with van der Waals surface area (Å²) >= 11 is 0. The Morgan fingerprint density at radius 1 is 0.327 bits per heavy atom. The number of benzene rings is 7. The quantitative estimate of drug-likeness (QED) is 0.184. The molecule has 0 aliphatic carbocycles. The molecule has 0 atom stereocenters. The average Bonchev–Trinajstić information content (AvgIpc) is 3.58. The number of aromatic nitrogens is 2. The molecule has 0 saturated carbocycles. The summed E-state index contributed by atoms with van der Waals surface area (Å²) in [4.78, 5) is 10.4. The van der Waals surface area contributed by atoms with Crippen LogP contribution < -0.4 is 0 Å². The molecule has 0 N–H and O–H groups in total. The summed E-state index contributed by atoms with van der Waals surface area (Å²) in [6.07, 6.45) is 0. The number of rotatable bonds is 6. The van der Waals surface area contributed by atoms with Gasteiger partial charge in [-0.25, -0.2) is 9.97 Å². The summed E-state index contributed by atoms with van der Waals surface area (Å²) in [6.45, 7) is 0. The molecular formula is C46H30N2O. The Balaban J connectivity index is 1.19. The minimum Gasteiger partial charge on any atom is -0.455 e. The maximum atomic E-state index is 6.44. The first-order chi connectivity index (χ1) is 24.3. The van der Waals surface area contributed by atoms with Crippen molar-refractivity contribution < 1.29 is 4.42 Å². The van der Waals surface area contributed by atoms with Gasteiger partial charge in [0.05, 0.1) is 17.0 Å². The van der Waals surface area contributed by atoms with E-state index in [2.05, 4.69) is 152 Å². The zero-order valence-electron chi connectivity index (χ0n) is 26.6. The van der Waals surface area contributed by atoms with Crippen molar-refractivity contribution in [3.63, 3.8) is 0 Å². The van der Waals surface area contributed by atoms with E-state index in [9.17, 15) is 0 Å². The SMILES string of the molecule is c1ccc(-c2ccc(-c3cc(-c4cccc(-c5cccc(-c6ccccc6)c5)c4)nc(-c4cccc5c4oc4ccccc45)n3)cc2)cc1. The number of hydrogen-bond donors (Lipinski definition) is 0. The Morgan fingerprint density at radius 3 is 1.51 bits per heavy atom. The maximum absolute atomic E-state index is 6.44. The molecule has 9 aromatic rings. The molecule has 3 nitrogen and oxygen atoms in total. The van der Waals surface area contributed by atoms with Crippen LogP contribution >= 0.6 is 0 Å². The molecule has 49 heavy (non-hydrogen) atoms. The van der Waals surface area contributed by atoms with Crippen LogP contribution in [0.2, 0.25) is 0 Å². The fraction of sp³-hybridized carbons (Fsp3) is 0. The van der Waals surface area contributed by atoms with Gasteiger partial charge in [0.25, 0.3) is 0 Å². The van der Waals surface area contributed by atoms with Crippen molar-refractivity contribution in [2.45, 2.75) is 0 Å². The normalized spacial score (nSPS) is 11.3. The van der Waals surface area contributed by atoms with Gasteiger partial charge in [0.15, 0.2) is 5.82 Å². The van der Waals surface area contributed by atoms with Gasteiger partial charge in [-0.3, -0.25) is 0 Å². The largest absolute Gasteiger partial charge is 0.455 e. The minimum absolute atomic E-state index is 0.626. The molecule has 0 aliphatic rings. The van der Waals surface area contributed by atoms with E-state index in [4.69, 9.17) is 14.4 Å². The van der Waals surface area contributed by atoms with Crippen molar-refractivity contribution in [2.24, 2.45) is 0 Å². The van der Waals surface area contributed by atoms with Crippen molar-refractivity contribution in [3.05, 3.63) is 182 Å². The van der Waals surface area contributed by atoms with Gasteiger partial charge in [0.1, 0.15) is 11.2 Å². The summed E-state index contributed by atoms with van der Waals surface area (Å²) in [5.74, 6) is 0.626. The molecule has 2 aromatic heterocycles. The van der Waals surface area contributed by atoms with Crippen LogP contribution in [0.25, 0.3) is 89.2 Å². The molecule has 0 unspecified atom stereocenters. The molecule has 7 aromatic carbocycles. The Bertz CT molecular complexity index is 2590. The van der Waals surface area contributed by atoms with Crippen LogP contribution in [-0.2, 0) is 0 Å². The van der Waals surface area contributed by atoms with E-state index in [0.717, 1.165) is 66.7 Å². The lowest BCUT2D eigenvalue weighted by molar-refractivity contribution is 0.669. The van der Waals surface area contributed by atoms with E-state index in [1.807, 2.05) is 30.3 Å². The van der Waals surface area contributed by atoms with E-state index in [1.54, 1.807) is 0 Å². The van der Waals surface area contributed by atoms with Crippen molar-refractivity contribution >= 4 is 21.9 Å². The van der Waals surface area contributed by atoms with Crippen LogP contribution in [-0.4, -0.2) is 9.97 Å². The number of nitrogens with zero attached hydrogens (tertiary/aromatic N) is 2. The summed E-state index contributed by atoms with van der Waals surface area (Å²) in [5, 5.41) is 2.13. The molecule has 3 heteroatoms. The van der Waals surface area contributed by atoms with Crippen LogP contribution in [0.4, 0.5) is 0 Å². The monoisotopic (exact) mass is 626 g/mol. The Morgan fingerprint density at radius 2 is 0.796 bits per heavy atom. The highest BCUT2D eigenvalue weighted by Gasteiger charge is 2.17. The number of fused-ring (bicyclic) bond motifs is 3. The zero-order chi connectivity index (χ0) is 32.6. The molecule has 2 heterocycles. The molecule has 0 bridgehead atoms. The topological polar surface area (TPSA) is 38.9 Å². The first-order valence-corrected chi connectivity index (χ1v) is 16.5. The van der Waals surface area contributed by atoms with Gasteiger partial charge < -0.3 is 4.42 Å². The minimum atomic E-state index is 0.626. The van der Waals surface area contributed by atoms with Gasteiger partial charge in [0.2, 0.25) is 0 Å². The Kier molecular flexibility index (Phi) is 7.14. The van der Waals surface area contributed by atoms with Gasteiger partial charge in [-0.1, -0.05) is 152 Å². The van der Waals surface area contributed by atoms with E-state index in [-0.39, 0.29) is 0 Å². The molecule has 0 fully saturated rings. The van der Waals surface area contributed by atoms with E-state index >= 15 is 0 Å². The predicted molar refractivity (Wildman–Crippen MR) is 202 cm³/mol. The lowest BCUT2D eigenvalue weighted by atomic mass is 9.97. The molecule has 0 saturated heterocycles. The van der Waals surface area contributed by atoms with Crippen LogP contribution in [0.1, 0.15) is 0 Å². The van der Waals surface area contributed by atoms with E-state index in [1.165, 1.54) is 16.7 Å². The number of furan rings is 1. The fourth-order valence-corrected chi connectivity index (χ4v) is 6.62. The first kappa shape index (κ1) is 28.6. The van der Waals surface area contributed by atoms with Crippen LogP contribution in [0.15, 0.2) is 186 Å². The van der Waals surface area contributed by atoms with Crippen molar-refractivity contribution in [1.29, 1.82) is 0 Å². The van der Waals surface area contributed by atoms with Gasteiger partial charge in [-0.15, -0.1) is 0 Å². The van der Waals surface area contributed by atoms with Gasteiger partial charge in [-0.05, 0) is 63.7 Å². The standard InChI is InChI=1S/C46H30N2O/c1-3-12-31(13-4-1)33-24-26-34(27-25-33)42-30-43(48-46(47-42)41-22-11-21-40-39-20-7-8-23-44(39)49-45(40)41)38-19-10-18-37(29-38)36-17-9-16-35(28-36)32-14-5-2-6-15-32/h1-30H. The smallest absolute Gasteiger partial charge is 0.164 e. The van der Waals surface area contributed by atoms with E-state index < -0.39 is 0 Å². The van der Waals surface area contributed by atoms with Crippen molar-refractivity contribution in [2.75, 3.05) is 0 Å². The summed E-state index contributed by atoms with van der Waals surface area (Å²) < 4.78 is 6.44. The Labute approximate surface area is 284 Å². The zero-order valence-corrected chi connectivity index (χ0v) is 26.6. The van der Waals surface area contributed by atoms with Gasteiger partial charge in [-0.2, -0.15) is 0 Å². The van der Waals surface area contributed by atoms with Crippen LogP contribution in [0.3, 0.4) is 0 Å². The Hall–Kier alpha value is -6.58. The summed E-state index contributed by atoms with van der Waals surface area (Å²) in [5.41, 5.74) is 13.3. The highest BCUT2D eigenvalue weighted by atomic mass is 16.3. The second-order valence-corrected chi connectivity index (χ2v) is 12.2. The third kappa shape index (κ3) is 5.48. The lowest BCUT2D eigenvalue weighted by Crippen LogP contribution is -1.96. The highest BCUT2D eigenvalue weighted by molar-refractivity contribution is 6.09. The first-order valence-electron chi connectivity index (χ1n) is 16.5. The maximum Gasteiger partial charge on any atom is 0.164 e. The number of para-hydroxylation sites is 2. The second-order valence-electron chi connectivity index (χ2n) is 12.2. The fourth-order valence-electron chi connectivity index (χ4n) is 6.62. The van der Waals surface area contributed by atoms with Crippen LogP contribution in [0, 0.1) is 0 Å². The third-order valence-corrected chi connectivity index (χ3v) is 9.12. The van der Waals surface area contributed by atoms with Gasteiger partial charge in [0, 0.05) is 21.9 Å². The summed E-state index contributed by atoms with van der Waals surface area (Å²) in [7, 11) is 0. The summed E-state index contributed by atoms with van der Waals surface area (Å²) in [6, 6.07) is 63.3. The van der Waals surface area contributed by atoms with Crippen molar-refractivity contribution in [3.8, 4) is 67.3 Å². The molecule has 0 aliphatic heterocycles. The predicted octanol–water partition coefficient (Wildman–Crippen LogP) is 12.4. The van der Waals surface area contributed by atoms with E-state index in [0.29, 0.717) is 5.82 Å². The average molecular weight is 627 g/mol. The molecule has 0 amide bonds. The van der Waals surface area contributed by atoms with Crippen LogP contribution in [0.5, 0.6) is 0 Å². The molecule has 0 radical (unpaired) electrons. The lowest BCUT2D eigenvalue weighted by Gasteiger charge is -2.12. The second kappa shape index (κ2) is 12.2. The molecular weight excluding hydrogens is 597 g/mol. The van der Waals surface area contributed by atoms with Crippen molar-refractivity contribution in [1.82, 2.24) is 9.97 Å². The third-order valence-electron chi connectivity index (χ3n) is 9.12. The highest BCUT2D eigenvalue weighted by Crippen LogP contribution is 2.37. The number of hydrogen-bond acceptors (Lipinski definition) is 3. The molecule has 230 valence electrons. The molecule has 9 rings (SSSR count). The van der Waals surface area contributed by atoms with Gasteiger partial charge >= 0.3 is 0 Å².